The number of carbonyl (C=O) groups is 2. The molecule has 0 aliphatic carbocycles. The molecule has 8 nitrogen and oxygen atoms in total. The van der Waals surface area contributed by atoms with Crippen LogP contribution in [0.5, 0.6) is 0 Å². The summed E-state index contributed by atoms with van der Waals surface area (Å²) in [6, 6.07) is 5.27. The van der Waals surface area contributed by atoms with Crippen LogP contribution in [-0.4, -0.2) is 51.8 Å². The summed E-state index contributed by atoms with van der Waals surface area (Å²) < 4.78 is 11.5. The Kier molecular flexibility index (Phi) is 9.45. The summed E-state index contributed by atoms with van der Waals surface area (Å²) in [5.41, 5.74) is 2.05. The lowest BCUT2D eigenvalue weighted by atomic mass is 9.72. The number of ketones is 1. The number of Topliss-reactive ketones (excluding diaryl/α,β-unsaturated/α-hetero) is 1. The Balaban J connectivity index is 1.93. The molecule has 8 heteroatoms. The summed E-state index contributed by atoms with van der Waals surface area (Å²) in [6.45, 7) is 12.8. The second-order valence-electron chi connectivity index (χ2n) is 10.6. The van der Waals surface area contributed by atoms with Crippen LogP contribution in [-0.2, 0) is 14.3 Å². The first-order valence-corrected chi connectivity index (χ1v) is 12.9. The third-order valence-electron chi connectivity index (χ3n) is 7.33. The third kappa shape index (κ3) is 6.94. The van der Waals surface area contributed by atoms with Crippen molar-refractivity contribution in [1.29, 1.82) is 0 Å². The Hall–Kier alpha value is -2.81. The van der Waals surface area contributed by atoms with E-state index in [4.69, 9.17) is 9.15 Å². The van der Waals surface area contributed by atoms with E-state index < -0.39 is 29.6 Å². The second-order valence-corrected chi connectivity index (χ2v) is 10.6. The molecule has 202 valence electrons. The number of amides is 1. The molecule has 3 N–H and O–H groups in total. The monoisotopic (exact) mass is 512 g/mol. The smallest absolute Gasteiger partial charge is 0.223 e. The van der Waals surface area contributed by atoms with Crippen LogP contribution in [0.1, 0.15) is 70.9 Å². The normalized spacial score (nSPS) is 29.9. The first-order valence-electron chi connectivity index (χ1n) is 12.9. The standard InChI is InChI=1S/C29H40N2O6/c1-7-8-21-27(34)18(3)36-14-13-17(2)9-11-22(20-10-12-24-23(15-20)30-19(4)37-24)31-26(33)16-25(32)29(5,6)28(21)35/h7,9-10,12,15,18,21-22,25,27,32,34H,1,8,11,13-14,16H2,2-6H3,(H,31,33)/b17-9-/t18-,21-,22+,25+,27-/m1/s1. The van der Waals surface area contributed by atoms with Gasteiger partial charge in [-0.25, -0.2) is 4.98 Å². The topological polar surface area (TPSA) is 122 Å². The lowest BCUT2D eigenvalue weighted by Gasteiger charge is -2.35. The van der Waals surface area contributed by atoms with Crippen LogP contribution in [0, 0.1) is 18.3 Å². The van der Waals surface area contributed by atoms with Gasteiger partial charge in [0.05, 0.1) is 48.7 Å². The maximum absolute atomic E-state index is 13.5. The first kappa shape index (κ1) is 28.8. The van der Waals surface area contributed by atoms with E-state index in [1.54, 1.807) is 33.8 Å². The molecule has 2 heterocycles. The number of allylic oxidation sites excluding steroid dienone is 1. The highest BCUT2D eigenvalue weighted by Crippen LogP contribution is 2.33. The Morgan fingerprint density at radius 2 is 1.97 bits per heavy atom. The molecule has 0 saturated heterocycles. The molecule has 0 fully saturated rings. The summed E-state index contributed by atoms with van der Waals surface area (Å²) in [4.78, 5) is 31.0. The first-order chi connectivity index (χ1) is 17.4. The van der Waals surface area contributed by atoms with Gasteiger partial charge in [-0.05, 0) is 50.8 Å². The molecular weight excluding hydrogens is 472 g/mol. The lowest BCUT2D eigenvalue weighted by Crippen LogP contribution is -2.48. The Morgan fingerprint density at radius 3 is 2.68 bits per heavy atom. The second kappa shape index (κ2) is 12.2. The fourth-order valence-corrected chi connectivity index (χ4v) is 4.71. The van der Waals surface area contributed by atoms with Gasteiger partial charge in [-0.15, -0.1) is 6.58 Å². The lowest BCUT2D eigenvalue weighted by molar-refractivity contribution is -0.146. The number of aromatic nitrogens is 1. The summed E-state index contributed by atoms with van der Waals surface area (Å²) in [6.07, 6.45) is 1.89. The van der Waals surface area contributed by atoms with Crippen molar-refractivity contribution in [2.75, 3.05) is 6.61 Å². The number of oxazole rings is 1. The van der Waals surface area contributed by atoms with Gasteiger partial charge in [-0.3, -0.25) is 9.59 Å². The van der Waals surface area contributed by atoms with Crippen molar-refractivity contribution in [3.63, 3.8) is 0 Å². The highest BCUT2D eigenvalue weighted by Gasteiger charge is 2.43. The van der Waals surface area contributed by atoms with Crippen LogP contribution in [0.4, 0.5) is 0 Å². The van der Waals surface area contributed by atoms with Crippen LogP contribution < -0.4 is 5.32 Å². The van der Waals surface area contributed by atoms with Crippen molar-refractivity contribution in [2.45, 2.75) is 84.7 Å². The molecule has 37 heavy (non-hydrogen) atoms. The van der Waals surface area contributed by atoms with E-state index >= 15 is 0 Å². The zero-order valence-electron chi connectivity index (χ0n) is 22.5. The van der Waals surface area contributed by atoms with Gasteiger partial charge in [0, 0.05) is 6.92 Å². The van der Waals surface area contributed by atoms with E-state index in [0.29, 0.717) is 36.4 Å². The molecule has 1 aromatic carbocycles. The molecular formula is C29H40N2O6. The van der Waals surface area contributed by atoms with Crippen LogP contribution >= 0.6 is 0 Å². The van der Waals surface area contributed by atoms with E-state index in [-0.39, 0.29) is 30.6 Å². The maximum Gasteiger partial charge on any atom is 0.223 e. The van der Waals surface area contributed by atoms with Crippen LogP contribution in [0.3, 0.4) is 0 Å². The van der Waals surface area contributed by atoms with Crippen molar-refractivity contribution >= 4 is 22.8 Å². The number of ether oxygens (including phenoxy) is 1. The average Bonchev–Trinajstić information content (AvgIpc) is 3.22. The molecule has 5 atom stereocenters. The fourth-order valence-electron chi connectivity index (χ4n) is 4.71. The highest BCUT2D eigenvalue weighted by molar-refractivity contribution is 5.88. The number of aryl methyl sites for hydroxylation is 1. The summed E-state index contributed by atoms with van der Waals surface area (Å²) in [5, 5.41) is 25.0. The number of benzene rings is 1. The minimum Gasteiger partial charge on any atom is -0.441 e. The van der Waals surface area contributed by atoms with E-state index in [9.17, 15) is 19.8 Å². The minimum atomic E-state index is -1.27. The zero-order chi connectivity index (χ0) is 27.3. The molecule has 0 unspecified atom stereocenters. The molecule has 3 rings (SSSR count). The molecule has 2 aromatic rings. The Morgan fingerprint density at radius 1 is 1.24 bits per heavy atom. The highest BCUT2D eigenvalue weighted by atomic mass is 16.5. The van der Waals surface area contributed by atoms with Gasteiger partial charge in [0.1, 0.15) is 11.3 Å². The summed E-state index contributed by atoms with van der Waals surface area (Å²) in [5.74, 6) is -0.947. The van der Waals surface area contributed by atoms with Gasteiger partial charge >= 0.3 is 0 Å². The molecule has 0 bridgehead atoms. The number of nitrogens with one attached hydrogen (secondary N) is 1. The van der Waals surface area contributed by atoms with Gasteiger partial charge in [-0.2, -0.15) is 0 Å². The van der Waals surface area contributed by atoms with Crippen molar-refractivity contribution in [3.05, 3.63) is 54.0 Å². The van der Waals surface area contributed by atoms with Crippen LogP contribution in [0.15, 0.2) is 46.9 Å². The molecule has 1 aliphatic heterocycles. The van der Waals surface area contributed by atoms with Gasteiger partial charge in [0.25, 0.3) is 0 Å². The largest absolute Gasteiger partial charge is 0.441 e. The predicted molar refractivity (Wildman–Crippen MR) is 142 cm³/mol. The van der Waals surface area contributed by atoms with Crippen molar-refractivity contribution in [3.8, 4) is 0 Å². The third-order valence-corrected chi connectivity index (χ3v) is 7.33. The van der Waals surface area contributed by atoms with Gasteiger partial charge in [0.2, 0.25) is 5.91 Å². The molecule has 1 amide bonds. The van der Waals surface area contributed by atoms with Crippen molar-refractivity contribution < 1.29 is 29.0 Å². The van der Waals surface area contributed by atoms with E-state index in [2.05, 4.69) is 23.0 Å². The number of nitrogens with zero attached hydrogens (tertiary/aromatic N) is 1. The molecule has 0 spiro atoms. The molecule has 0 radical (unpaired) electrons. The van der Waals surface area contributed by atoms with E-state index in [1.165, 1.54) is 0 Å². The predicted octanol–water partition coefficient (Wildman–Crippen LogP) is 4.34. The quantitative estimate of drug-likeness (QED) is 0.523. The van der Waals surface area contributed by atoms with Gasteiger partial charge in [0.15, 0.2) is 11.5 Å². The average molecular weight is 513 g/mol. The number of rotatable bonds is 3. The van der Waals surface area contributed by atoms with Gasteiger partial charge < -0.3 is 24.7 Å². The number of aliphatic hydroxyl groups excluding tert-OH is 2. The number of fused-ring (bicyclic) bond motifs is 1. The minimum absolute atomic E-state index is 0.237. The fraction of sp³-hybridized carbons (Fsp3) is 0.552. The zero-order valence-corrected chi connectivity index (χ0v) is 22.5. The maximum atomic E-state index is 13.5. The number of hydrogen-bond donors (Lipinski definition) is 3. The number of aliphatic hydroxyl groups is 2. The summed E-state index contributed by atoms with van der Waals surface area (Å²) >= 11 is 0. The van der Waals surface area contributed by atoms with Crippen LogP contribution in [0.25, 0.3) is 11.1 Å². The summed E-state index contributed by atoms with van der Waals surface area (Å²) in [7, 11) is 0. The number of carbonyl (C=O) groups excluding carboxylic acids is 2. The van der Waals surface area contributed by atoms with Crippen molar-refractivity contribution in [1.82, 2.24) is 10.3 Å². The Labute approximate surface area is 218 Å². The van der Waals surface area contributed by atoms with E-state index in [1.807, 2.05) is 25.1 Å². The van der Waals surface area contributed by atoms with Crippen LogP contribution in [0.2, 0.25) is 0 Å². The molecule has 1 aliphatic rings. The van der Waals surface area contributed by atoms with Crippen molar-refractivity contribution in [2.24, 2.45) is 11.3 Å². The Bertz CT molecular complexity index is 1150. The SMILES string of the molecule is C=CC[C@H]1C(=O)C(C)(C)[C@@H](O)CC(=O)N[C@H](c2ccc3oc(C)nc3c2)C/C=C(/C)CCO[C@H](C)[C@H]1O. The molecule has 0 saturated carbocycles. The van der Waals surface area contributed by atoms with Gasteiger partial charge in [-0.1, -0.05) is 37.6 Å². The van der Waals surface area contributed by atoms with E-state index in [0.717, 1.165) is 11.1 Å². The number of hydrogen-bond acceptors (Lipinski definition) is 7. The molecule has 1 aromatic heterocycles.